The van der Waals surface area contributed by atoms with Crippen molar-refractivity contribution in [3.8, 4) is 0 Å². The third kappa shape index (κ3) is 3.49. The summed E-state index contributed by atoms with van der Waals surface area (Å²) in [6, 6.07) is 14.6. The molecule has 2 aliphatic rings. The van der Waals surface area contributed by atoms with Crippen LogP contribution in [0.1, 0.15) is 36.3 Å². The summed E-state index contributed by atoms with van der Waals surface area (Å²) in [5, 5.41) is 3.76. The van der Waals surface area contributed by atoms with Crippen LogP contribution in [0.15, 0.2) is 48.5 Å². The molecule has 3 nitrogen and oxygen atoms in total. The minimum atomic E-state index is -0.308. The minimum absolute atomic E-state index is 0.0470. The van der Waals surface area contributed by atoms with Crippen LogP contribution in [0.5, 0.6) is 0 Å². The number of likely N-dealkylation sites (tertiary alicyclic amines) is 1. The van der Waals surface area contributed by atoms with Gasteiger partial charge in [0.1, 0.15) is 5.82 Å². The van der Waals surface area contributed by atoms with Gasteiger partial charge in [-0.25, -0.2) is 4.39 Å². The molecular weight excluding hydrogens is 351 g/mol. The van der Waals surface area contributed by atoms with Gasteiger partial charge in [0.15, 0.2) is 0 Å². The van der Waals surface area contributed by atoms with Gasteiger partial charge in [-0.2, -0.15) is 0 Å². The van der Waals surface area contributed by atoms with Gasteiger partial charge in [-0.3, -0.25) is 9.69 Å². The standard InChI is InChI=1S/C21H22ClFN2O/c22-19-12-17(23)7-6-16(19)14-25-10-8-21(9-11-25)13-18(20(26)24-21)15-4-2-1-3-5-15/h1-7,12,18H,8-11,13-14H2,(H,24,26). The first kappa shape index (κ1) is 17.5. The Morgan fingerprint density at radius 1 is 1.15 bits per heavy atom. The molecule has 2 aromatic rings. The molecule has 0 saturated carbocycles. The van der Waals surface area contributed by atoms with E-state index in [4.69, 9.17) is 11.6 Å². The zero-order valence-electron chi connectivity index (χ0n) is 14.6. The molecule has 136 valence electrons. The fourth-order valence-electron chi connectivity index (χ4n) is 4.20. The number of carbonyl (C=O) groups excluding carboxylic acids is 1. The highest BCUT2D eigenvalue weighted by molar-refractivity contribution is 6.31. The molecule has 4 rings (SSSR count). The lowest BCUT2D eigenvalue weighted by Crippen LogP contribution is -2.50. The molecule has 2 aromatic carbocycles. The smallest absolute Gasteiger partial charge is 0.228 e. The van der Waals surface area contributed by atoms with E-state index in [1.807, 2.05) is 30.3 Å². The lowest BCUT2D eigenvalue weighted by atomic mass is 9.82. The topological polar surface area (TPSA) is 32.3 Å². The van der Waals surface area contributed by atoms with E-state index in [1.165, 1.54) is 12.1 Å². The van der Waals surface area contributed by atoms with Crippen molar-refractivity contribution in [2.75, 3.05) is 13.1 Å². The second-order valence-corrected chi connectivity index (χ2v) is 7.86. The number of carbonyl (C=O) groups is 1. The zero-order chi connectivity index (χ0) is 18.1. The Morgan fingerprint density at radius 2 is 1.88 bits per heavy atom. The van der Waals surface area contributed by atoms with Gasteiger partial charge in [-0.15, -0.1) is 0 Å². The molecule has 2 heterocycles. The Hall–Kier alpha value is -1.91. The van der Waals surface area contributed by atoms with Gasteiger partial charge < -0.3 is 5.32 Å². The van der Waals surface area contributed by atoms with Crippen molar-refractivity contribution in [2.24, 2.45) is 0 Å². The van der Waals surface area contributed by atoms with Crippen molar-refractivity contribution >= 4 is 17.5 Å². The molecule has 1 amide bonds. The van der Waals surface area contributed by atoms with Crippen LogP contribution < -0.4 is 5.32 Å². The summed E-state index contributed by atoms with van der Waals surface area (Å²) in [6.07, 6.45) is 2.72. The van der Waals surface area contributed by atoms with Gasteiger partial charge in [0, 0.05) is 30.2 Å². The summed E-state index contributed by atoms with van der Waals surface area (Å²) < 4.78 is 13.2. The fourth-order valence-corrected chi connectivity index (χ4v) is 4.42. The number of halogens is 2. The van der Waals surface area contributed by atoms with E-state index >= 15 is 0 Å². The van der Waals surface area contributed by atoms with E-state index in [9.17, 15) is 9.18 Å². The molecule has 0 bridgehead atoms. The summed E-state index contributed by atoms with van der Waals surface area (Å²) in [5.74, 6) is -0.211. The van der Waals surface area contributed by atoms with Crippen molar-refractivity contribution in [2.45, 2.75) is 37.3 Å². The van der Waals surface area contributed by atoms with Crippen LogP contribution in [0.4, 0.5) is 4.39 Å². The van der Waals surface area contributed by atoms with Crippen molar-refractivity contribution in [3.63, 3.8) is 0 Å². The molecule has 0 radical (unpaired) electrons. The first-order chi connectivity index (χ1) is 12.5. The third-order valence-electron chi connectivity index (χ3n) is 5.72. The maximum absolute atomic E-state index is 13.2. The van der Waals surface area contributed by atoms with Crippen LogP contribution in [0, 0.1) is 5.82 Å². The largest absolute Gasteiger partial charge is 0.350 e. The van der Waals surface area contributed by atoms with Crippen LogP contribution >= 0.6 is 11.6 Å². The second-order valence-electron chi connectivity index (χ2n) is 7.45. The summed E-state index contributed by atoms with van der Waals surface area (Å²) in [7, 11) is 0. The van der Waals surface area contributed by atoms with E-state index in [2.05, 4.69) is 10.2 Å². The quantitative estimate of drug-likeness (QED) is 0.879. The molecule has 1 atom stereocenters. The molecule has 1 N–H and O–H groups in total. The van der Waals surface area contributed by atoms with Crippen molar-refractivity contribution < 1.29 is 9.18 Å². The number of hydrogen-bond acceptors (Lipinski definition) is 2. The van der Waals surface area contributed by atoms with Crippen LogP contribution in [-0.4, -0.2) is 29.4 Å². The van der Waals surface area contributed by atoms with E-state index in [-0.39, 0.29) is 23.2 Å². The van der Waals surface area contributed by atoms with E-state index in [0.29, 0.717) is 11.6 Å². The zero-order valence-corrected chi connectivity index (χ0v) is 15.3. The summed E-state index contributed by atoms with van der Waals surface area (Å²) in [6.45, 7) is 2.51. The molecular formula is C21H22ClFN2O. The summed E-state index contributed by atoms with van der Waals surface area (Å²) in [4.78, 5) is 14.8. The van der Waals surface area contributed by atoms with Gasteiger partial charge >= 0.3 is 0 Å². The molecule has 0 aromatic heterocycles. The summed E-state index contributed by atoms with van der Waals surface area (Å²) in [5.41, 5.74) is 1.95. The maximum atomic E-state index is 13.2. The Balaban J connectivity index is 1.40. The third-order valence-corrected chi connectivity index (χ3v) is 6.08. The fraction of sp³-hybridized carbons (Fsp3) is 0.381. The summed E-state index contributed by atoms with van der Waals surface area (Å²) >= 11 is 6.15. The van der Waals surface area contributed by atoms with Gasteiger partial charge in [-0.05, 0) is 42.5 Å². The number of piperidine rings is 1. The maximum Gasteiger partial charge on any atom is 0.228 e. The van der Waals surface area contributed by atoms with E-state index in [0.717, 1.165) is 43.5 Å². The Bertz CT molecular complexity index is 803. The second kappa shape index (κ2) is 7.01. The predicted molar refractivity (Wildman–Crippen MR) is 101 cm³/mol. The Kier molecular flexibility index (Phi) is 4.72. The number of amides is 1. The number of hydrogen-bond donors (Lipinski definition) is 1. The predicted octanol–water partition coefficient (Wildman–Crippen LogP) is 4.12. The number of nitrogens with zero attached hydrogens (tertiary/aromatic N) is 1. The molecule has 5 heteroatoms. The molecule has 2 aliphatic heterocycles. The SMILES string of the molecule is O=C1NC2(CCN(Cc3ccc(F)cc3Cl)CC2)CC1c1ccccc1. The Labute approximate surface area is 158 Å². The van der Waals surface area contributed by atoms with Gasteiger partial charge in [0.05, 0.1) is 5.92 Å². The first-order valence-corrected chi connectivity index (χ1v) is 9.46. The molecule has 2 fully saturated rings. The molecule has 0 aliphatic carbocycles. The van der Waals surface area contributed by atoms with Crippen LogP contribution in [0.2, 0.25) is 5.02 Å². The van der Waals surface area contributed by atoms with Crippen molar-refractivity contribution in [3.05, 3.63) is 70.5 Å². The lowest BCUT2D eigenvalue weighted by Gasteiger charge is -2.39. The normalized spacial score (nSPS) is 22.5. The Morgan fingerprint density at radius 3 is 2.58 bits per heavy atom. The monoisotopic (exact) mass is 372 g/mol. The highest BCUT2D eigenvalue weighted by Gasteiger charge is 2.46. The van der Waals surface area contributed by atoms with Crippen molar-refractivity contribution in [1.29, 1.82) is 0 Å². The number of rotatable bonds is 3. The van der Waals surface area contributed by atoms with Gasteiger partial charge in [0.25, 0.3) is 0 Å². The van der Waals surface area contributed by atoms with Crippen molar-refractivity contribution in [1.82, 2.24) is 10.2 Å². The average molecular weight is 373 g/mol. The first-order valence-electron chi connectivity index (χ1n) is 9.08. The highest BCUT2D eigenvalue weighted by Crippen LogP contribution is 2.39. The number of benzene rings is 2. The molecule has 1 unspecified atom stereocenters. The molecule has 2 saturated heterocycles. The van der Waals surface area contributed by atoms with Crippen LogP contribution in [-0.2, 0) is 11.3 Å². The molecule has 26 heavy (non-hydrogen) atoms. The highest BCUT2D eigenvalue weighted by atomic mass is 35.5. The van der Waals surface area contributed by atoms with Crippen LogP contribution in [0.3, 0.4) is 0 Å². The average Bonchev–Trinajstić information content (AvgIpc) is 2.96. The minimum Gasteiger partial charge on any atom is -0.350 e. The van der Waals surface area contributed by atoms with Crippen LogP contribution in [0.25, 0.3) is 0 Å². The number of nitrogens with one attached hydrogen (secondary N) is 1. The van der Waals surface area contributed by atoms with Gasteiger partial charge in [0.2, 0.25) is 5.91 Å². The van der Waals surface area contributed by atoms with Gasteiger partial charge in [-0.1, -0.05) is 48.0 Å². The lowest BCUT2D eigenvalue weighted by molar-refractivity contribution is -0.121. The van der Waals surface area contributed by atoms with E-state index < -0.39 is 0 Å². The molecule has 1 spiro atoms. The van der Waals surface area contributed by atoms with E-state index in [1.54, 1.807) is 6.07 Å².